The normalized spacial score (nSPS) is 16.4. The van der Waals surface area contributed by atoms with Gasteiger partial charge in [-0.1, -0.05) is 0 Å². The summed E-state index contributed by atoms with van der Waals surface area (Å²) in [5.41, 5.74) is 2.46. The highest BCUT2D eigenvalue weighted by Gasteiger charge is 2.23. The van der Waals surface area contributed by atoms with Gasteiger partial charge in [0.1, 0.15) is 11.3 Å². The fourth-order valence-corrected chi connectivity index (χ4v) is 3.70. The SMILES string of the molecule is Cc1cc(=O)oc(C)c1C(=O)OCC(=O)c1cc(C)n(CC2CCCO2)c1C. The van der Waals surface area contributed by atoms with E-state index in [1.807, 2.05) is 19.9 Å². The number of hydrogen-bond donors (Lipinski definition) is 0. The first kappa shape index (κ1) is 20.1. The second kappa shape index (κ2) is 8.14. The molecule has 0 bridgehead atoms. The van der Waals surface area contributed by atoms with Gasteiger partial charge in [0.2, 0.25) is 5.78 Å². The topological polar surface area (TPSA) is 87.7 Å². The molecule has 7 nitrogen and oxygen atoms in total. The number of nitrogens with zero attached hydrogens (tertiary/aromatic N) is 1. The van der Waals surface area contributed by atoms with Crippen LogP contribution in [-0.2, 0) is 16.0 Å². The first-order chi connectivity index (χ1) is 13.3. The lowest BCUT2D eigenvalue weighted by Gasteiger charge is -2.14. The molecule has 28 heavy (non-hydrogen) atoms. The molecule has 0 N–H and O–H groups in total. The predicted molar refractivity (Wildman–Crippen MR) is 102 cm³/mol. The first-order valence-corrected chi connectivity index (χ1v) is 9.38. The summed E-state index contributed by atoms with van der Waals surface area (Å²) in [5.74, 6) is -0.773. The molecule has 0 saturated carbocycles. The van der Waals surface area contributed by atoms with E-state index >= 15 is 0 Å². The lowest BCUT2D eigenvalue weighted by atomic mass is 10.1. The molecule has 1 aliphatic rings. The molecule has 0 radical (unpaired) electrons. The van der Waals surface area contributed by atoms with Crippen molar-refractivity contribution in [2.75, 3.05) is 13.2 Å². The second-order valence-corrected chi connectivity index (χ2v) is 7.21. The summed E-state index contributed by atoms with van der Waals surface area (Å²) in [6, 6.07) is 3.04. The van der Waals surface area contributed by atoms with Crippen LogP contribution in [0.5, 0.6) is 0 Å². The van der Waals surface area contributed by atoms with E-state index in [9.17, 15) is 14.4 Å². The van der Waals surface area contributed by atoms with Gasteiger partial charge in [0.25, 0.3) is 0 Å². The van der Waals surface area contributed by atoms with Crippen molar-refractivity contribution in [2.45, 2.75) is 53.2 Å². The van der Waals surface area contributed by atoms with E-state index < -0.39 is 11.6 Å². The summed E-state index contributed by atoms with van der Waals surface area (Å²) in [4.78, 5) is 36.3. The van der Waals surface area contributed by atoms with E-state index in [2.05, 4.69) is 4.57 Å². The van der Waals surface area contributed by atoms with Crippen LogP contribution in [0.3, 0.4) is 0 Å². The quantitative estimate of drug-likeness (QED) is 0.559. The Hall–Kier alpha value is -2.67. The molecule has 1 fully saturated rings. The Morgan fingerprint density at radius 2 is 1.96 bits per heavy atom. The van der Waals surface area contributed by atoms with E-state index in [-0.39, 0.29) is 29.8 Å². The van der Waals surface area contributed by atoms with E-state index in [1.165, 1.54) is 13.0 Å². The Kier molecular flexibility index (Phi) is 5.84. The fourth-order valence-electron chi connectivity index (χ4n) is 3.70. The molecule has 0 spiro atoms. The molecule has 7 heteroatoms. The van der Waals surface area contributed by atoms with Gasteiger partial charge in [-0.25, -0.2) is 9.59 Å². The van der Waals surface area contributed by atoms with Crippen molar-refractivity contribution in [3.8, 4) is 0 Å². The van der Waals surface area contributed by atoms with Gasteiger partial charge in [0.05, 0.1) is 6.10 Å². The summed E-state index contributed by atoms with van der Waals surface area (Å²) in [6.07, 6.45) is 2.25. The number of aryl methyl sites for hydroxylation is 3. The molecule has 0 amide bonds. The summed E-state index contributed by atoms with van der Waals surface area (Å²) in [7, 11) is 0. The molecule has 2 aromatic heterocycles. The first-order valence-electron chi connectivity index (χ1n) is 9.38. The van der Waals surface area contributed by atoms with Crippen LogP contribution in [0.25, 0.3) is 0 Å². The maximum Gasteiger partial charge on any atom is 0.342 e. The zero-order valence-electron chi connectivity index (χ0n) is 16.7. The molecular formula is C21H25NO6. The van der Waals surface area contributed by atoms with E-state index in [1.54, 1.807) is 6.92 Å². The maximum atomic E-state index is 12.6. The van der Waals surface area contributed by atoms with Gasteiger partial charge >= 0.3 is 11.6 Å². The Labute approximate surface area is 163 Å². The molecule has 1 saturated heterocycles. The highest BCUT2D eigenvalue weighted by molar-refractivity contribution is 6.00. The second-order valence-electron chi connectivity index (χ2n) is 7.21. The molecule has 3 heterocycles. The summed E-state index contributed by atoms with van der Waals surface area (Å²) >= 11 is 0. The Morgan fingerprint density at radius 1 is 1.21 bits per heavy atom. The van der Waals surface area contributed by atoms with Crippen LogP contribution < -0.4 is 5.63 Å². The van der Waals surface area contributed by atoms with E-state index in [0.717, 1.165) is 30.8 Å². The van der Waals surface area contributed by atoms with Crippen LogP contribution in [0.2, 0.25) is 0 Å². The third-order valence-corrected chi connectivity index (χ3v) is 5.16. The van der Waals surface area contributed by atoms with E-state index in [0.29, 0.717) is 17.7 Å². The standard InChI is InChI=1S/C21H25NO6/c1-12-8-19(24)28-15(4)20(12)21(25)27-11-18(23)17-9-13(2)22(14(17)3)10-16-6-5-7-26-16/h8-9,16H,5-7,10-11H2,1-4H3. The van der Waals surface area contributed by atoms with Gasteiger partial charge in [-0.2, -0.15) is 0 Å². The molecule has 2 aromatic rings. The van der Waals surface area contributed by atoms with Gasteiger partial charge in [-0.3, -0.25) is 4.79 Å². The van der Waals surface area contributed by atoms with Gasteiger partial charge in [-0.15, -0.1) is 0 Å². The minimum Gasteiger partial charge on any atom is -0.454 e. The highest BCUT2D eigenvalue weighted by atomic mass is 16.5. The Balaban J connectivity index is 1.70. The van der Waals surface area contributed by atoms with Crippen molar-refractivity contribution < 1.29 is 23.5 Å². The number of aromatic nitrogens is 1. The van der Waals surface area contributed by atoms with E-state index in [4.69, 9.17) is 13.9 Å². The average molecular weight is 387 g/mol. The van der Waals surface area contributed by atoms with Crippen molar-refractivity contribution in [1.82, 2.24) is 4.57 Å². The fraction of sp³-hybridized carbons (Fsp3) is 0.476. The number of Topliss-reactive ketones (excluding diaryl/α,β-unsaturated/α-hetero) is 1. The number of esters is 1. The Morgan fingerprint density at radius 3 is 2.61 bits per heavy atom. The monoisotopic (exact) mass is 387 g/mol. The molecule has 1 unspecified atom stereocenters. The molecule has 3 rings (SSSR count). The van der Waals surface area contributed by atoms with Crippen LogP contribution >= 0.6 is 0 Å². The number of rotatable bonds is 6. The largest absolute Gasteiger partial charge is 0.454 e. The Bertz CT molecular complexity index is 936. The molecular weight excluding hydrogens is 362 g/mol. The maximum absolute atomic E-state index is 12.6. The van der Waals surface area contributed by atoms with Crippen molar-refractivity contribution in [2.24, 2.45) is 0 Å². The van der Waals surface area contributed by atoms with Crippen LogP contribution in [-0.4, -0.2) is 35.6 Å². The predicted octanol–water partition coefficient (Wildman–Crippen LogP) is 2.89. The molecule has 1 aliphatic heterocycles. The summed E-state index contributed by atoms with van der Waals surface area (Å²) in [6.45, 7) is 8.10. The molecule has 0 aliphatic carbocycles. The number of ether oxygens (including phenoxy) is 2. The van der Waals surface area contributed by atoms with Gasteiger partial charge in [0.15, 0.2) is 6.61 Å². The third kappa shape index (κ3) is 4.09. The van der Waals surface area contributed by atoms with Crippen LogP contribution in [0.1, 0.15) is 56.3 Å². The van der Waals surface area contributed by atoms with Gasteiger partial charge < -0.3 is 18.5 Å². The molecule has 0 aromatic carbocycles. The summed E-state index contributed by atoms with van der Waals surface area (Å²) in [5, 5.41) is 0. The number of carbonyl (C=O) groups excluding carboxylic acids is 2. The van der Waals surface area contributed by atoms with Gasteiger partial charge in [-0.05, 0) is 52.2 Å². The van der Waals surface area contributed by atoms with Crippen molar-refractivity contribution in [1.29, 1.82) is 0 Å². The van der Waals surface area contributed by atoms with Crippen LogP contribution in [0.4, 0.5) is 0 Å². The highest BCUT2D eigenvalue weighted by Crippen LogP contribution is 2.21. The minimum absolute atomic E-state index is 0.171. The van der Waals surface area contributed by atoms with Crippen LogP contribution in [0.15, 0.2) is 21.3 Å². The van der Waals surface area contributed by atoms with Crippen molar-refractivity contribution >= 4 is 11.8 Å². The van der Waals surface area contributed by atoms with Crippen molar-refractivity contribution in [3.05, 3.63) is 56.4 Å². The number of carbonyl (C=O) groups is 2. The number of hydrogen-bond acceptors (Lipinski definition) is 6. The zero-order chi connectivity index (χ0) is 20.4. The lowest BCUT2D eigenvalue weighted by Crippen LogP contribution is -2.19. The average Bonchev–Trinajstić information content (AvgIpc) is 3.22. The zero-order valence-corrected chi connectivity index (χ0v) is 16.7. The van der Waals surface area contributed by atoms with Crippen molar-refractivity contribution in [3.63, 3.8) is 0 Å². The lowest BCUT2D eigenvalue weighted by molar-refractivity contribution is 0.0469. The molecule has 150 valence electrons. The van der Waals surface area contributed by atoms with Crippen LogP contribution in [0, 0.1) is 27.7 Å². The summed E-state index contributed by atoms with van der Waals surface area (Å²) < 4.78 is 17.9. The van der Waals surface area contributed by atoms with Gasteiger partial charge in [0, 0.05) is 36.2 Å². The third-order valence-electron chi connectivity index (χ3n) is 5.16. The number of ketones is 1. The minimum atomic E-state index is -0.680. The smallest absolute Gasteiger partial charge is 0.342 e. The molecule has 1 atom stereocenters.